The lowest BCUT2D eigenvalue weighted by atomic mass is 9.83. The molecule has 0 spiro atoms. The Labute approximate surface area is 171 Å². The van der Waals surface area contributed by atoms with Gasteiger partial charge in [0, 0.05) is 55.5 Å². The zero-order valence-electron chi connectivity index (χ0n) is 14.9. The van der Waals surface area contributed by atoms with Crippen LogP contribution in [-0.2, 0) is 4.74 Å². The van der Waals surface area contributed by atoms with Crippen molar-refractivity contribution in [3.05, 3.63) is 27.2 Å². The minimum atomic E-state index is 0. The van der Waals surface area contributed by atoms with E-state index in [4.69, 9.17) is 4.74 Å². The second-order valence-corrected chi connectivity index (χ2v) is 7.54. The topological polar surface area (TPSA) is 44.7 Å². The number of halogens is 3. The van der Waals surface area contributed by atoms with Gasteiger partial charge in [0.05, 0.1) is 0 Å². The highest BCUT2D eigenvalue weighted by molar-refractivity contribution is 9.10. The van der Waals surface area contributed by atoms with Crippen LogP contribution in [0.15, 0.2) is 10.5 Å². The molecule has 0 radical (unpaired) electrons. The Morgan fingerprint density at radius 3 is 2.40 bits per heavy atom. The number of phenolic OH excluding ortho intramolecular Hbond substituents is 1. The maximum atomic E-state index is 10.7. The Hall–Kier alpha value is -0.0400. The van der Waals surface area contributed by atoms with Gasteiger partial charge < -0.3 is 15.2 Å². The minimum absolute atomic E-state index is 0. The van der Waals surface area contributed by atoms with Crippen LogP contribution in [0.4, 0.5) is 0 Å². The van der Waals surface area contributed by atoms with Gasteiger partial charge in [-0.3, -0.25) is 4.90 Å². The third-order valence-electron chi connectivity index (χ3n) is 5.26. The molecule has 0 aromatic heterocycles. The predicted octanol–water partition coefficient (Wildman–Crippen LogP) is 3.99. The van der Waals surface area contributed by atoms with Crippen LogP contribution in [0.3, 0.4) is 0 Å². The van der Waals surface area contributed by atoms with Gasteiger partial charge in [-0.1, -0.05) is 15.9 Å². The molecule has 0 saturated carbocycles. The summed E-state index contributed by atoms with van der Waals surface area (Å²) < 4.78 is 6.70. The molecule has 0 bridgehead atoms. The number of hydrogen-bond donors (Lipinski definition) is 2. The average molecular weight is 456 g/mol. The first kappa shape index (κ1) is 23.0. The highest BCUT2D eigenvalue weighted by atomic mass is 79.9. The number of aromatic hydroxyl groups is 1. The molecule has 7 heteroatoms. The largest absolute Gasteiger partial charge is 0.508 e. The minimum Gasteiger partial charge on any atom is -0.508 e. The molecule has 2 N–H and O–H groups in total. The summed E-state index contributed by atoms with van der Waals surface area (Å²) in [5.41, 5.74) is 3.38. The van der Waals surface area contributed by atoms with Gasteiger partial charge >= 0.3 is 0 Å². The van der Waals surface area contributed by atoms with E-state index in [2.05, 4.69) is 33.1 Å². The first-order valence-electron chi connectivity index (χ1n) is 8.60. The molecule has 0 unspecified atom stereocenters. The zero-order chi connectivity index (χ0) is 16.4. The Balaban J connectivity index is 0.00000156. The van der Waals surface area contributed by atoms with Crippen molar-refractivity contribution >= 4 is 40.7 Å². The second kappa shape index (κ2) is 10.3. The molecule has 1 atom stereocenters. The van der Waals surface area contributed by atoms with Crippen LogP contribution in [0, 0.1) is 19.8 Å². The maximum Gasteiger partial charge on any atom is 0.120 e. The molecule has 2 aliphatic rings. The van der Waals surface area contributed by atoms with Gasteiger partial charge in [-0.25, -0.2) is 0 Å². The summed E-state index contributed by atoms with van der Waals surface area (Å²) in [5.74, 6) is 0.985. The molecule has 2 aliphatic heterocycles. The van der Waals surface area contributed by atoms with Crippen molar-refractivity contribution in [3.8, 4) is 5.75 Å². The van der Waals surface area contributed by atoms with E-state index in [9.17, 15) is 5.11 Å². The summed E-state index contributed by atoms with van der Waals surface area (Å²) in [6.45, 7) is 9.94. The van der Waals surface area contributed by atoms with Crippen LogP contribution < -0.4 is 5.32 Å². The van der Waals surface area contributed by atoms with Crippen molar-refractivity contribution in [1.82, 2.24) is 10.2 Å². The molecule has 1 aromatic carbocycles. The molecular weight excluding hydrogens is 427 g/mol. The SMILES string of the molecule is Cc1cc(O)c([C@@H](C2CCOCC2)N2CCNCC2)c(C)c1Br.Cl.Cl. The van der Waals surface area contributed by atoms with Crippen LogP contribution in [-0.4, -0.2) is 49.4 Å². The van der Waals surface area contributed by atoms with Gasteiger partial charge in [0.15, 0.2) is 0 Å². The molecule has 0 aliphatic carbocycles. The highest BCUT2D eigenvalue weighted by Crippen LogP contribution is 2.43. The number of benzene rings is 1. The molecule has 0 amide bonds. The van der Waals surface area contributed by atoms with E-state index in [-0.39, 0.29) is 30.9 Å². The number of ether oxygens (including phenoxy) is 1. The van der Waals surface area contributed by atoms with Gasteiger partial charge in [0.1, 0.15) is 5.75 Å². The zero-order valence-corrected chi connectivity index (χ0v) is 18.1. The fourth-order valence-corrected chi connectivity index (χ4v) is 4.36. The molecule has 3 rings (SSSR count). The van der Waals surface area contributed by atoms with Crippen molar-refractivity contribution in [2.24, 2.45) is 5.92 Å². The molecule has 1 aromatic rings. The van der Waals surface area contributed by atoms with Crippen molar-refractivity contribution < 1.29 is 9.84 Å². The van der Waals surface area contributed by atoms with E-state index in [1.165, 1.54) is 5.56 Å². The van der Waals surface area contributed by atoms with Crippen LogP contribution in [0.2, 0.25) is 0 Å². The van der Waals surface area contributed by atoms with Crippen molar-refractivity contribution in [2.75, 3.05) is 39.4 Å². The molecular formula is C18H29BrCl2N2O2. The average Bonchev–Trinajstić information content (AvgIpc) is 2.58. The number of nitrogens with one attached hydrogen (secondary N) is 1. The summed E-state index contributed by atoms with van der Waals surface area (Å²) in [7, 11) is 0. The molecule has 2 heterocycles. The lowest BCUT2D eigenvalue weighted by molar-refractivity contribution is 0.0204. The van der Waals surface area contributed by atoms with Crippen molar-refractivity contribution in [1.29, 1.82) is 0 Å². The fourth-order valence-electron chi connectivity index (χ4n) is 4.03. The fraction of sp³-hybridized carbons (Fsp3) is 0.667. The van der Waals surface area contributed by atoms with Gasteiger partial charge in [-0.05, 0) is 49.8 Å². The highest BCUT2D eigenvalue weighted by Gasteiger charge is 2.34. The summed E-state index contributed by atoms with van der Waals surface area (Å²) in [6, 6.07) is 2.18. The quantitative estimate of drug-likeness (QED) is 0.723. The Morgan fingerprint density at radius 1 is 1.20 bits per heavy atom. The molecule has 4 nitrogen and oxygen atoms in total. The Morgan fingerprint density at radius 2 is 1.80 bits per heavy atom. The van der Waals surface area contributed by atoms with E-state index in [0.29, 0.717) is 11.7 Å². The van der Waals surface area contributed by atoms with Crippen LogP contribution in [0.5, 0.6) is 5.75 Å². The first-order chi connectivity index (χ1) is 11.1. The third kappa shape index (κ3) is 5.02. The number of phenols is 1. The van der Waals surface area contributed by atoms with Crippen molar-refractivity contribution in [3.63, 3.8) is 0 Å². The van der Waals surface area contributed by atoms with E-state index in [1.807, 2.05) is 13.0 Å². The normalized spacial score (nSPS) is 20.4. The molecule has 25 heavy (non-hydrogen) atoms. The lowest BCUT2D eigenvalue weighted by Gasteiger charge is -2.42. The number of nitrogens with zero attached hydrogens (tertiary/aromatic N) is 1. The second-order valence-electron chi connectivity index (χ2n) is 6.75. The van der Waals surface area contributed by atoms with Crippen molar-refractivity contribution in [2.45, 2.75) is 32.7 Å². The Kier molecular flexibility index (Phi) is 9.51. The maximum absolute atomic E-state index is 10.7. The van der Waals surface area contributed by atoms with Crippen LogP contribution in [0.25, 0.3) is 0 Å². The van der Waals surface area contributed by atoms with Gasteiger partial charge in [0.2, 0.25) is 0 Å². The molecule has 2 saturated heterocycles. The van der Waals surface area contributed by atoms with E-state index in [0.717, 1.165) is 67.8 Å². The van der Waals surface area contributed by atoms with Gasteiger partial charge in [-0.15, -0.1) is 24.8 Å². The first-order valence-corrected chi connectivity index (χ1v) is 9.40. The number of rotatable bonds is 3. The summed E-state index contributed by atoms with van der Waals surface area (Å²) >= 11 is 3.71. The van der Waals surface area contributed by atoms with E-state index in [1.54, 1.807) is 0 Å². The number of piperazine rings is 1. The standard InChI is InChI=1S/C18H27BrN2O2.2ClH/c1-12-11-15(22)16(13(2)17(12)19)18(14-3-9-23-10-4-14)21-7-5-20-6-8-21;;/h11,14,18,20,22H,3-10H2,1-2H3;2*1H/t18-;;/m1../s1. The smallest absolute Gasteiger partial charge is 0.120 e. The molecule has 144 valence electrons. The number of aryl methyl sites for hydroxylation is 1. The molecule has 2 fully saturated rings. The van der Waals surface area contributed by atoms with Gasteiger partial charge in [0.25, 0.3) is 0 Å². The predicted molar refractivity (Wildman–Crippen MR) is 111 cm³/mol. The Bertz CT molecular complexity index is 544. The summed E-state index contributed by atoms with van der Waals surface area (Å²) in [6.07, 6.45) is 2.14. The summed E-state index contributed by atoms with van der Waals surface area (Å²) in [5, 5.41) is 14.2. The van der Waals surface area contributed by atoms with Crippen LogP contribution in [0.1, 0.15) is 35.6 Å². The van der Waals surface area contributed by atoms with E-state index >= 15 is 0 Å². The monoisotopic (exact) mass is 454 g/mol. The lowest BCUT2D eigenvalue weighted by Crippen LogP contribution is -2.47. The number of hydrogen-bond acceptors (Lipinski definition) is 4. The summed E-state index contributed by atoms with van der Waals surface area (Å²) in [4.78, 5) is 2.55. The van der Waals surface area contributed by atoms with E-state index < -0.39 is 0 Å². The van der Waals surface area contributed by atoms with Crippen LogP contribution >= 0.6 is 40.7 Å². The van der Waals surface area contributed by atoms with Gasteiger partial charge in [-0.2, -0.15) is 0 Å². The third-order valence-corrected chi connectivity index (χ3v) is 6.48.